The van der Waals surface area contributed by atoms with Crippen LogP contribution in [0.3, 0.4) is 0 Å². The van der Waals surface area contributed by atoms with Crippen molar-refractivity contribution in [1.29, 1.82) is 0 Å². The summed E-state index contributed by atoms with van der Waals surface area (Å²) in [4.78, 5) is 77.2. The van der Waals surface area contributed by atoms with Gasteiger partial charge in [0.1, 0.15) is 30.1 Å². The number of aromatic nitrogens is 2. The number of ether oxygens (including phenoxy) is 3. The molecule has 2 fully saturated rings. The van der Waals surface area contributed by atoms with Gasteiger partial charge in [0.05, 0.1) is 67.7 Å². The molecule has 73 heavy (non-hydrogen) atoms. The Morgan fingerprint density at radius 1 is 0.877 bits per heavy atom. The summed E-state index contributed by atoms with van der Waals surface area (Å²) in [6, 6.07) is 14.7. The molecule has 2 aliphatic rings. The number of allylic oxidation sites excluding steroid dienone is 1. The first-order chi connectivity index (χ1) is 34.8. The molecule has 3 heterocycles. The lowest BCUT2D eigenvalue weighted by Gasteiger charge is -2.35. The number of carbonyl (C=O) groups is 5. The number of pyridine rings is 1. The Bertz CT molecular complexity index is 2540. The number of carbonyl (C=O) groups excluding carboxylic acids is 5. The van der Waals surface area contributed by atoms with Crippen molar-refractivity contribution < 1.29 is 56.5 Å². The SMILES string of the molecule is COc1cnc(C(=O)NCc2cccc(CC(=O)NCCOCCOCC(=O)NC(C(=O)N3C[C@H](O)C[C@H]3C(=O)NCc3ccc(-c4scnc4C)cc3)C(C)(C)C)c2)cc1/C=C/[C@H]1CC[C@H](C(F)(F)F)CC1. The highest BCUT2D eigenvalue weighted by molar-refractivity contribution is 7.13. The van der Waals surface area contributed by atoms with E-state index in [-0.39, 0.29) is 95.8 Å². The second-order valence-electron chi connectivity index (χ2n) is 19.5. The van der Waals surface area contributed by atoms with Crippen LogP contribution < -0.4 is 26.0 Å². The molecule has 0 spiro atoms. The molecule has 0 radical (unpaired) electrons. The Hall–Kier alpha value is -6.22. The van der Waals surface area contributed by atoms with Crippen molar-refractivity contribution in [2.24, 2.45) is 17.3 Å². The third kappa shape index (κ3) is 16.6. The van der Waals surface area contributed by atoms with Gasteiger partial charge in [-0.3, -0.25) is 24.0 Å². The van der Waals surface area contributed by atoms with E-state index in [0.717, 1.165) is 32.8 Å². The maximum absolute atomic E-state index is 14.0. The maximum atomic E-state index is 14.0. The molecule has 1 unspecified atom stereocenters. The number of likely N-dealkylation sites (tertiary alicyclic amines) is 1. The van der Waals surface area contributed by atoms with E-state index in [1.807, 2.05) is 49.4 Å². The van der Waals surface area contributed by atoms with E-state index in [1.54, 1.807) is 61.9 Å². The number of rotatable bonds is 22. The predicted octanol–water partition coefficient (Wildman–Crippen LogP) is 6.34. The van der Waals surface area contributed by atoms with Crippen LogP contribution in [0.5, 0.6) is 5.75 Å². The summed E-state index contributed by atoms with van der Waals surface area (Å²) in [7, 11) is 1.47. The first-order valence-electron chi connectivity index (χ1n) is 24.4. The van der Waals surface area contributed by atoms with E-state index < -0.39 is 59.3 Å². The maximum Gasteiger partial charge on any atom is 0.391 e. The molecule has 1 saturated carbocycles. The van der Waals surface area contributed by atoms with Crippen molar-refractivity contribution in [3.05, 3.63) is 106 Å². The van der Waals surface area contributed by atoms with Gasteiger partial charge in [-0.05, 0) is 72.3 Å². The van der Waals surface area contributed by atoms with Crippen molar-refractivity contribution in [3.63, 3.8) is 0 Å². The molecule has 1 aliphatic carbocycles. The average molecular weight is 1030 g/mol. The lowest BCUT2D eigenvalue weighted by Crippen LogP contribution is -2.58. The molecule has 5 N–H and O–H groups in total. The lowest BCUT2D eigenvalue weighted by molar-refractivity contribution is -0.183. The van der Waals surface area contributed by atoms with Crippen molar-refractivity contribution in [2.45, 2.75) is 104 Å². The van der Waals surface area contributed by atoms with Gasteiger partial charge in [-0.25, -0.2) is 9.97 Å². The summed E-state index contributed by atoms with van der Waals surface area (Å²) in [5.41, 5.74) is 6.12. The van der Waals surface area contributed by atoms with Crippen LogP contribution in [0.2, 0.25) is 0 Å². The summed E-state index contributed by atoms with van der Waals surface area (Å²) in [6.45, 7) is 7.95. The Labute approximate surface area is 427 Å². The number of aliphatic hydroxyl groups excluding tert-OH is 1. The van der Waals surface area contributed by atoms with E-state index in [4.69, 9.17) is 14.2 Å². The average Bonchev–Trinajstić information content (AvgIpc) is 3.98. The minimum Gasteiger partial charge on any atom is -0.495 e. The van der Waals surface area contributed by atoms with Crippen molar-refractivity contribution in [2.75, 3.05) is 46.6 Å². The van der Waals surface area contributed by atoms with Gasteiger partial charge in [-0.1, -0.05) is 81.5 Å². The van der Waals surface area contributed by atoms with E-state index in [1.165, 1.54) is 18.2 Å². The quantitative estimate of drug-likeness (QED) is 0.0549. The number of aryl methyl sites for hydroxylation is 1. The Kier molecular flexibility index (Phi) is 20.1. The third-order valence-corrected chi connectivity index (χ3v) is 13.8. The summed E-state index contributed by atoms with van der Waals surface area (Å²) in [5, 5.41) is 21.9. The molecular weight excluding hydrogens is 968 g/mol. The van der Waals surface area contributed by atoms with Crippen molar-refractivity contribution in [1.82, 2.24) is 36.1 Å². The van der Waals surface area contributed by atoms with Gasteiger partial charge in [-0.2, -0.15) is 13.2 Å². The topological polar surface area (TPSA) is 210 Å². The number of halogens is 3. The van der Waals surface area contributed by atoms with E-state index in [2.05, 4.69) is 31.2 Å². The molecule has 6 rings (SSSR count). The molecule has 394 valence electrons. The minimum atomic E-state index is -4.17. The molecular formula is C53H66F3N7O9S. The Balaban J connectivity index is 0.860. The number of thiazole rings is 1. The molecule has 0 bridgehead atoms. The second-order valence-corrected chi connectivity index (χ2v) is 20.3. The molecule has 20 heteroatoms. The van der Waals surface area contributed by atoms with Crippen molar-refractivity contribution in [3.8, 4) is 16.2 Å². The smallest absolute Gasteiger partial charge is 0.391 e. The molecule has 1 aliphatic heterocycles. The number of hydrogen-bond donors (Lipinski definition) is 5. The number of nitrogens with zero attached hydrogens (tertiary/aromatic N) is 3. The molecule has 16 nitrogen and oxygen atoms in total. The third-order valence-electron chi connectivity index (χ3n) is 12.8. The highest BCUT2D eigenvalue weighted by atomic mass is 32.1. The number of methoxy groups -OCH3 is 1. The first kappa shape index (κ1) is 56.1. The van der Waals surface area contributed by atoms with Crippen LogP contribution in [-0.2, 0) is 48.2 Å². The predicted molar refractivity (Wildman–Crippen MR) is 269 cm³/mol. The van der Waals surface area contributed by atoms with Crippen molar-refractivity contribution >= 4 is 46.9 Å². The molecule has 1 saturated heterocycles. The number of aliphatic hydroxyl groups is 1. The highest BCUT2D eigenvalue weighted by Gasteiger charge is 2.45. The number of hydrogen-bond acceptors (Lipinski definition) is 12. The zero-order chi connectivity index (χ0) is 52.7. The molecule has 2 aromatic carbocycles. The van der Waals surface area contributed by atoms with Gasteiger partial charge in [-0.15, -0.1) is 11.3 Å². The Morgan fingerprint density at radius 2 is 1.59 bits per heavy atom. The second kappa shape index (κ2) is 26.1. The van der Waals surface area contributed by atoms with E-state index in [0.29, 0.717) is 24.2 Å². The fraction of sp³-hybridized carbons (Fsp3) is 0.491. The van der Waals surface area contributed by atoms with Gasteiger partial charge >= 0.3 is 6.18 Å². The number of benzene rings is 2. The Morgan fingerprint density at radius 3 is 2.27 bits per heavy atom. The van der Waals surface area contributed by atoms with Crippen LogP contribution in [0.1, 0.15) is 91.3 Å². The number of nitrogens with one attached hydrogen (secondary N) is 4. The molecule has 2 aromatic heterocycles. The largest absolute Gasteiger partial charge is 0.495 e. The van der Waals surface area contributed by atoms with Gasteiger partial charge in [0, 0.05) is 38.2 Å². The number of amides is 5. The van der Waals surface area contributed by atoms with Crippen LogP contribution in [0, 0.1) is 24.2 Å². The minimum absolute atomic E-state index is 0.00837. The van der Waals surface area contributed by atoms with Gasteiger partial charge in [0.15, 0.2) is 0 Å². The van der Waals surface area contributed by atoms with Gasteiger partial charge < -0.3 is 45.5 Å². The zero-order valence-corrected chi connectivity index (χ0v) is 42.7. The summed E-state index contributed by atoms with van der Waals surface area (Å²) < 4.78 is 55.8. The summed E-state index contributed by atoms with van der Waals surface area (Å²) in [5.74, 6) is -2.94. The standard InChI is InChI=1S/C53H66F3N7O9S/c1-33-47(73-32-61-33)38-14-10-35(11-15-38)27-60-50(68)43-26-41(64)30-63(43)51(69)48(52(2,3)4)62-46(66)31-72-22-21-71-20-19-57-45(65)24-36-7-6-8-37(23-36)28-59-49(67)42-25-39(44(70-5)29-58-42)16-9-34-12-17-40(18-13-34)53(54,55)56/h6-11,14-16,23,25,29,32,34,40-41,43,48,64H,12-13,17-22,24,26-28,30-31H2,1-5H3,(H,57,65)(H,59,67)(H,60,68)(H,62,66)/b16-9+/t34-,40-,41-,43+,48?/m1/s1. The van der Waals surface area contributed by atoms with Gasteiger partial charge in [0.25, 0.3) is 5.91 Å². The van der Waals surface area contributed by atoms with E-state index in [9.17, 15) is 42.3 Å². The van der Waals surface area contributed by atoms with E-state index >= 15 is 0 Å². The summed E-state index contributed by atoms with van der Waals surface area (Å²) >= 11 is 1.56. The molecule has 5 amide bonds. The van der Waals surface area contributed by atoms with Crippen LogP contribution >= 0.6 is 11.3 Å². The van der Waals surface area contributed by atoms with Crippen LogP contribution in [0.25, 0.3) is 16.5 Å². The number of β-amino-alcohol motifs (C(OH)–C–C–N with tert-alkyl or cyclic N) is 1. The van der Waals surface area contributed by atoms with Crippen LogP contribution in [-0.4, -0.2) is 121 Å². The number of alkyl halides is 3. The normalized spacial score (nSPS) is 18.6. The molecule has 4 aromatic rings. The molecule has 3 atom stereocenters. The summed E-state index contributed by atoms with van der Waals surface area (Å²) in [6.07, 6.45) is 1.18. The van der Waals surface area contributed by atoms with Gasteiger partial charge in [0.2, 0.25) is 23.6 Å². The fourth-order valence-electron chi connectivity index (χ4n) is 8.76. The lowest BCUT2D eigenvalue weighted by atomic mass is 9.81. The highest BCUT2D eigenvalue weighted by Crippen LogP contribution is 2.40. The van der Waals surface area contributed by atoms with Crippen LogP contribution in [0.4, 0.5) is 13.2 Å². The first-order valence-corrected chi connectivity index (χ1v) is 25.3. The zero-order valence-electron chi connectivity index (χ0n) is 41.9. The van der Waals surface area contributed by atoms with Crippen LogP contribution in [0.15, 0.2) is 72.4 Å². The fourth-order valence-corrected chi connectivity index (χ4v) is 9.57. The monoisotopic (exact) mass is 1030 g/mol.